The van der Waals surface area contributed by atoms with Crippen molar-refractivity contribution >= 4 is 39.3 Å². The van der Waals surface area contributed by atoms with Gasteiger partial charge in [0.25, 0.3) is 0 Å². The van der Waals surface area contributed by atoms with Crippen LogP contribution in [0.3, 0.4) is 0 Å². The van der Waals surface area contributed by atoms with E-state index in [0.717, 1.165) is 5.56 Å². The summed E-state index contributed by atoms with van der Waals surface area (Å²) in [5, 5.41) is 2.65. The highest BCUT2D eigenvalue weighted by atomic mass is 31.3. The van der Waals surface area contributed by atoms with Gasteiger partial charge in [0.1, 0.15) is 36.5 Å². The summed E-state index contributed by atoms with van der Waals surface area (Å²) in [5.41, 5.74) is 7.79. The lowest BCUT2D eigenvalue weighted by Gasteiger charge is -2.25. The number of hydrogen-bond donors (Lipinski definition) is 2. The van der Waals surface area contributed by atoms with Crippen molar-refractivity contribution in [3.63, 3.8) is 0 Å². The van der Waals surface area contributed by atoms with Crippen molar-refractivity contribution in [2.75, 3.05) is 19.5 Å². The summed E-state index contributed by atoms with van der Waals surface area (Å²) >= 11 is 0. The molecule has 0 bridgehead atoms. The van der Waals surface area contributed by atoms with Gasteiger partial charge < -0.3 is 28.8 Å². The molecule has 0 spiro atoms. The molecule has 3 heterocycles. The molecule has 2 aromatic carbocycles. The molecule has 2 aromatic heterocycles. The number of anilines is 1. The van der Waals surface area contributed by atoms with Crippen molar-refractivity contribution in [1.82, 2.24) is 24.6 Å². The number of carbonyl (C=O) groups is 1. The zero-order valence-corrected chi connectivity index (χ0v) is 25.3. The van der Waals surface area contributed by atoms with Crippen molar-refractivity contribution in [3.05, 3.63) is 78.9 Å². The van der Waals surface area contributed by atoms with Crippen LogP contribution in [0.5, 0.6) is 5.75 Å². The summed E-state index contributed by atoms with van der Waals surface area (Å²) in [5.74, 6) is -0.0938. The van der Waals surface area contributed by atoms with Gasteiger partial charge in [-0.15, -0.1) is 0 Å². The number of nitrogens with one attached hydrogen (secondary N) is 1. The number of ether oxygens (including phenoxy) is 2. The van der Waals surface area contributed by atoms with E-state index < -0.39 is 28.4 Å². The number of aromatic nitrogens is 4. The van der Waals surface area contributed by atoms with Crippen LogP contribution in [-0.2, 0) is 38.8 Å². The third-order valence-corrected chi connectivity index (χ3v) is 9.58. The molecule has 1 saturated heterocycles. The predicted octanol–water partition coefficient (Wildman–Crippen LogP) is 4.90. The lowest BCUT2D eigenvalue weighted by atomic mass is 10.2. The number of nitrogens with zero attached hydrogens (tertiary/aromatic N) is 4. The first kappa shape index (κ1) is 31.0. The molecule has 14 nitrogen and oxygen atoms in total. The molecule has 1 fully saturated rings. The van der Waals surface area contributed by atoms with Crippen LogP contribution in [0.15, 0.2) is 73.3 Å². The highest BCUT2D eigenvalue weighted by Gasteiger charge is 2.38. The van der Waals surface area contributed by atoms with Crippen molar-refractivity contribution < 1.29 is 36.7 Å². The monoisotopic (exact) mass is 630 g/mol. The summed E-state index contributed by atoms with van der Waals surface area (Å²) in [6, 6.07) is 16.6. The molecule has 0 amide bonds. The fraction of sp³-hybridized carbons (Fsp3) is 0.333. The third-order valence-electron chi connectivity index (χ3n) is 6.37. The maximum Gasteiger partial charge on any atom is 0.466 e. The van der Waals surface area contributed by atoms with Crippen LogP contribution in [0.25, 0.3) is 11.2 Å². The second-order valence-electron chi connectivity index (χ2n) is 9.50. The van der Waals surface area contributed by atoms with E-state index in [1.165, 1.54) is 20.4 Å². The molecule has 0 radical (unpaired) electrons. The summed E-state index contributed by atoms with van der Waals surface area (Å²) in [6.07, 6.45) is 3.68. The van der Waals surface area contributed by atoms with E-state index in [1.807, 2.05) is 30.3 Å². The molecule has 16 heteroatoms. The highest BCUT2D eigenvalue weighted by Crippen LogP contribution is 2.58. The first-order valence-corrected chi connectivity index (χ1v) is 16.1. The SMILES string of the molecule is COP(OC[C@@H]1CC[C@H](n2cnc3c(N)ncnc32)O1)OP(=O)(NC(C)C(=O)OCc1ccccc1)Oc1ccccc1. The van der Waals surface area contributed by atoms with Crippen LogP contribution in [0.4, 0.5) is 5.82 Å². The van der Waals surface area contributed by atoms with E-state index in [-0.39, 0.29) is 31.3 Å². The minimum atomic E-state index is -4.22. The maximum atomic E-state index is 13.9. The quantitative estimate of drug-likeness (QED) is 0.142. The second kappa shape index (κ2) is 14.3. The van der Waals surface area contributed by atoms with Gasteiger partial charge in [-0.2, -0.15) is 5.09 Å². The van der Waals surface area contributed by atoms with Gasteiger partial charge in [-0.1, -0.05) is 48.5 Å². The van der Waals surface area contributed by atoms with Crippen molar-refractivity contribution in [2.24, 2.45) is 0 Å². The minimum absolute atomic E-state index is 0.0574. The number of para-hydroxylation sites is 1. The van der Waals surface area contributed by atoms with Gasteiger partial charge in [-0.05, 0) is 37.5 Å². The summed E-state index contributed by atoms with van der Waals surface area (Å²) in [6.45, 7) is 1.64. The normalized spacial score (nSPS) is 19.5. The standard InChI is InChI=1S/C27H32N6O8P2/c1-19(27(34)37-15-20-9-5-3-6-10-20)32-43(35,40-21-11-7-4-8-12-21)41-42(36-2)38-16-22-13-14-23(39-22)33-18-31-24-25(28)29-17-30-26(24)33/h3-12,17-19,22-23H,13-16H2,1-2H3,(H,32,35)(H2,28,29,30)/t19?,22-,23+,42?,43?/m0/s1. The summed E-state index contributed by atoms with van der Waals surface area (Å²) in [4.78, 5) is 25.2. The zero-order valence-electron chi connectivity index (χ0n) is 23.5. The fourth-order valence-corrected chi connectivity index (χ4v) is 7.17. The third kappa shape index (κ3) is 8.12. The number of carbonyl (C=O) groups excluding carboxylic acids is 1. The Hall–Kier alpha value is -3.48. The number of nitrogen functional groups attached to an aromatic ring is 1. The molecule has 228 valence electrons. The van der Waals surface area contributed by atoms with Gasteiger partial charge in [0.15, 0.2) is 11.5 Å². The molecular weight excluding hydrogens is 598 g/mol. The number of hydrogen-bond acceptors (Lipinski definition) is 12. The Balaban J connectivity index is 1.20. The van der Waals surface area contributed by atoms with Crippen molar-refractivity contribution in [2.45, 2.75) is 44.7 Å². The molecule has 43 heavy (non-hydrogen) atoms. The summed E-state index contributed by atoms with van der Waals surface area (Å²) < 4.78 is 49.9. The molecule has 3 unspecified atom stereocenters. The molecular formula is C27H32N6O8P2. The number of fused-ring (bicyclic) bond motifs is 1. The Labute approximate surface area is 249 Å². The van der Waals surface area contributed by atoms with Crippen LogP contribution in [0.1, 0.15) is 31.6 Å². The Bertz CT molecular complexity index is 1550. The van der Waals surface area contributed by atoms with E-state index in [4.69, 9.17) is 33.1 Å². The largest absolute Gasteiger partial charge is 0.466 e. The molecule has 5 rings (SSSR count). The van der Waals surface area contributed by atoms with Crippen molar-refractivity contribution in [3.8, 4) is 5.75 Å². The molecule has 0 aliphatic carbocycles. The van der Waals surface area contributed by atoms with Gasteiger partial charge in [0.05, 0.1) is 19.0 Å². The van der Waals surface area contributed by atoms with Crippen LogP contribution in [0.2, 0.25) is 0 Å². The lowest BCUT2D eigenvalue weighted by Crippen LogP contribution is -2.34. The number of benzene rings is 2. The molecule has 3 N–H and O–H groups in total. The molecule has 0 saturated carbocycles. The van der Waals surface area contributed by atoms with Gasteiger partial charge in [-0.25, -0.2) is 23.8 Å². The van der Waals surface area contributed by atoms with E-state index in [1.54, 1.807) is 41.2 Å². The number of rotatable bonds is 14. The van der Waals surface area contributed by atoms with Crippen molar-refractivity contribution in [1.29, 1.82) is 0 Å². The predicted molar refractivity (Wildman–Crippen MR) is 157 cm³/mol. The number of imidazole rings is 1. The maximum absolute atomic E-state index is 13.9. The second-order valence-corrected chi connectivity index (χ2v) is 12.7. The average molecular weight is 631 g/mol. The molecule has 4 aromatic rings. The van der Waals surface area contributed by atoms with E-state index in [2.05, 4.69) is 20.0 Å². The topological polar surface area (TPSA) is 171 Å². The smallest absolute Gasteiger partial charge is 0.460 e. The van der Waals surface area contributed by atoms with Gasteiger partial charge in [-0.3, -0.25) is 9.36 Å². The Morgan fingerprint density at radius 1 is 1.14 bits per heavy atom. The van der Waals surface area contributed by atoms with Crippen LogP contribution in [-0.4, -0.2) is 51.4 Å². The zero-order chi connectivity index (χ0) is 30.2. The first-order valence-electron chi connectivity index (χ1n) is 13.4. The number of esters is 1. The average Bonchev–Trinajstić information content (AvgIpc) is 3.67. The molecule has 5 atom stereocenters. The Morgan fingerprint density at radius 2 is 1.88 bits per heavy atom. The van der Waals surface area contributed by atoms with Gasteiger partial charge in [0.2, 0.25) is 0 Å². The Kier molecular flexibility index (Phi) is 10.3. The summed E-state index contributed by atoms with van der Waals surface area (Å²) in [7, 11) is -5.04. The minimum Gasteiger partial charge on any atom is -0.460 e. The van der Waals surface area contributed by atoms with Gasteiger partial charge >= 0.3 is 22.3 Å². The fourth-order valence-electron chi connectivity index (χ4n) is 4.27. The molecule has 1 aliphatic heterocycles. The lowest BCUT2D eigenvalue weighted by molar-refractivity contribution is -0.146. The van der Waals surface area contributed by atoms with Crippen LogP contribution >= 0.6 is 16.3 Å². The molecule has 1 aliphatic rings. The van der Waals surface area contributed by atoms with E-state index >= 15 is 0 Å². The van der Waals surface area contributed by atoms with Crippen LogP contribution < -0.4 is 15.3 Å². The van der Waals surface area contributed by atoms with E-state index in [0.29, 0.717) is 29.8 Å². The number of nitrogens with two attached hydrogens (primary N) is 1. The van der Waals surface area contributed by atoms with Crippen LogP contribution in [0, 0.1) is 0 Å². The Morgan fingerprint density at radius 3 is 2.63 bits per heavy atom. The highest BCUT2D eigenvalue weighted by molar-refractivity contribution is 7.61. The van der Waals surface area contributed by atoms with Gasteiger partial charge in [0, 0.05) is 7.11 Å². The first-order chi connectivity index (χ1) is 20.8. The van der Waals surface area contributed by atoms with E-state index in [9.17, 15) is 9.36 Å².